The summed E-state index contributed by atoms with van der Waals surface area (Å²) in [5, 5.41) is 0. The Morgan fingerprint density at radius 1 is 1.37 bits per heavy atom. The molecule has 0 bridgehead atoms. The van der Waals surface area contributed by atoms with E-state index in [9.17, 15) is 0 Å². The van der Waals surface area contributed by atoms with Gasteiger partial charge in [0.2, 0.25) is 0 Å². The van der Waals surface area contributed by atoms with Crippen molar-refractivity contribution in [3.05, 3.63) is 30.1 Å². The summed E-state index contributed by atoms with van der Waals surface area (Å²) < 4.78 is 8.20. The second-order valence-electron chi connectivity index (χ2n) is 5.79. The summed E-state index contributed by atoms with van der Waals surface area (Å²) in [6.45, 7) is 6.45. The molecule has 0 saturated carbocycles. The van der Waals surface area contributed by atoms with Gasteiger partial charge in [0.25, 0.3) is 0 Å². The van der Waals surface area contributed by atoms with Crippen LogP contribution in [-0.4, -0.2) is 16.2 Å². The second-order valence-corrected chi connectivity index (χ2v) is 5.79. The van der Waals surface area contributed by atoms with Crippen LogP contribution < -0.4 is 0 Å². The Labute approximate surface area is 114 Å². The molecule has 0 radical (unpaired) electrons. The maximum absolute atomic E-state index is 5.83. The van der Waals surface area contributed by atoms with Crippen LogP contribution in [0.1, 0.15) is 45.0 Å². The third-order valence-corrected chi connectivity index (χ3v) is 3.83. The number of imidazole rings is 1. The minimum Gasteiger partial charge on any atom is -0.370 e. The standard InChI is InChI=1S/C16H22N2O/c1-12(2)9-10-18-14-7-4-3-6-13(14)17-16(18)15-8-5-11-19-15/h3-4,6-7,12,15H,5,8-11H2,1-2H3/t15-/m0/s1. The largest absolute Gasteiger partial charge is 0.370 e. The van der Waals surface area contributed by atoms with E-state index in [2.05, 4.69) is 42.7 Å². The molecule has 0 amide bonds. The Balaban J connectivity index is 2.00. The monoisotopic (exact) mass is 258 g/mol. The molecule has 2 heterocycles. The minimum atomic E-state index is 0.194. The zero-order valence-corrected chi connectivity index (χ0v) is 11.8. The van der Waals surface area contributed by atoms with Crippen molar-refractivity contribution in [2.45, 2.75) is 45.8 Å². The Hall–Kier alpha value is -1.35. The fourth-order valence-electron chi connectivity index (χ4n) is 2.74. The highest BCUT2D eigenvalue weighted by molar-refractivity contribution is 5.76. The number of benzene rings is 1. The number of para-hydroxylation sites is 2. The van der Waals surface area contributed by atoms with Gasteiger partial charge in [-0.2, -0.15) is 0 Å². The van der Waals surface area contributed by atoms with E-state index >= 15 is 0 Å². The molecule has 1 aromatic heterocycles. The van der Waals surface area contributed by atoms with Crippen molar-refractivity contribution >= 4 is 11.0 Å². The highest BCUT2D eigenvalue weighted by Gasteiger charge is 2.24. The van der Waals surface area contributed by atoms with Crippen LogP contribution in [0.25, 0.3) is 11.0 Å². The highest BCUT2D eigenvalue weighted by Crippen LogP contribution is 2.30. The molecule has 0 aliphatic carbocycles. The highest BCUT2D eigenvalue weighted by atomic mass is 16.5. The smallest absolute Gasteiger partial charge is 0.139 e. The molecule has 3 rings (SSSR count). The Morgan fingerprint density at radius 3 is 2.95 bits per heavy atom. The van der Waals surface area contributed by atoms with E-state index < -0.39 is 0 Å². The Morgan fingerprint density at radius 2 is 2.21 bits per heavy atom. The maximum Gasteiger partial charge on any atom is 0.139 e. The summed E-state index contributed by atoms with van der Waals surface area (Å²) in [7, 11) is 0. The van der Waals surface area contributed by atoms with Gasteiger partial charge in [0.05, 0.1) is 11.0 Å². The molecule has 0 N–H and O–H groups in total. The molecule has 1 fully saturated rings. The van der Waals surface area contributed by atoms with E-state index in [4.69, 9.17) is 9.72 Å². The van der Waals surface area contributed by atoms with Crippen LogP contribution in [-0.2, 0) is 11.3 Å². The fourth-order valence-corrected chi connectivity index (χ4v) is 2.74. The minimum absolute atomic E-state index is 0.194. The van der Waals surface area contributed by atoms with Crippen LogP contribution in [0.4, 0.5) is 0 Å². The van der Waals surface area contributed by atoms with Gasteiger partial charge in [0.1, 0.15) is 11.9 Å². The number of aryl methyl sites for hydroxylation is 1. The zero-order valence-electron chi connectivity index (χ0n) is 11.8. The van der Waals surface area contributed by atoms with Gasteiger partial charge in [-0.15, -0.1) is 0 Å². The van der Waals surface area contributed by atoms with E-state index in [1.165, 1.54) is 11.9 Å². The first kappa shape index (κ1) is 12.7. The predicted molar refractivity (Wildman–Crippen MR) is 77.1 cm³/mol. The molecule has 0 unspecified atom stereocenters. The first-order chi connectivity index (χ1) is 9.25. The molecule has 1 saturated heterocycles. The average Bonchev–Trinajstić information content (AvgIpc) is 3.03. The molecule has 3 nitrogen and oxygen atoms in total. The van der Waals surface area contributed by atoms with E-state index in [-0.39, 0.29) is 6.10 Å². The molecular formula is C16H22N2O. The van der Waals surface area contributed by atoms with Gasteiger partial charge in [-0.3, -0.25) is 0 Å². The van der Waals surface area contributed by atoms with Crippen molar-refractivity contribution in [2.24, 2.45) is 5.92 Å². The normalized spacial score (nSPS) is 19.6. The lowest BCUT2D eigenvalue weighted by atomic mass is 10.1. The molecule has 2 aromatic rings. The van der Waals surface area contributed by atoms with E-state index in [0.717, 1.165) is 37.3 Å². The number of hydrogen-bond acceptors (Lipinski definition) is 2. The second kappa shape index (κ2) is 5.33. The van der Waals surface area contributed by atoms with Gasteiger partial charge in [-0.1, -0.05) is 26.0 Å². The first-order valence-corrected chi connectivity index (χ1v) is 7.32. The predicted octanol–water partition coefficient (Wildman–Crippen LogP) is 3.93. The average molecular weight is 258 g/mol. The maximum atomic E-state index is 5.83. The van der Waals surface area contributed by atoms with Gasteiger partial charge >= 0.3 is 0 Å². The topological polar surface area (TPSA) is 27.1 Å². The Kier molecular flexibility index (Phi) is 3.56. The number of rotatable bonds is 4. The quantitative estimate of drug-likeness (QED) is 0.830. The van der Waals surface area contributed by atoms with Gasteiger partial charge in [-0.05, 0) is 37.3 Å². The molecule has 1 atom stereocenters. The molecule has 1 aliphatic rings. The summed E-state index contributed by atoms with van der Waals surface area (Å²) >= 11 is 0. The number of nitrogens with zero attached hydrogens (tertiary/aromatic N) is 2. The van der Waals surface area contributed by atoms with Crippen molar-refractivity contribution in [2.75, 3.05) is 6.61 Å². The first-order valence-electron chi connectivity index (χ1n) is 7.32. The summed E-state index contributed by atoms with van der Waals surface area (Å²) in [5.41, 5.74) is 2.34. The lowest BCUT2D eigenvalue weighted by Crippen LogP contribution is -2.10. The summed E-state index contributed by atoms with van der Waals surface area (Å²) in [6, 6.07) is 8.41. The zero-order chi connectivity index (χ0) is 13.2. The van der Waals surface area contributed by atoms with Crippen LogP contribution in [0, 0.1) is 5.92 Å². The summed E-state index contributed by atoms with van der Waals surface area (Å²) in [5.74, 6) is 1.83. The van der Waals surface area contributed by atoms with Crippen LogP contribution in [0.3, 0.4) is 0 Å². The van der Waals surface area contributed by atoms with Crippen molar-refractivity contribution < 1.29 is 4.74 Å². The lowest BCUT2D eigenvalue weighted by molar-refractivity contribution is 0.102. The van der Waals surface area contributed by atoms with Crippen LogP contribution in [0.2, 0.25) is 0 Å². The van der Waals surface area contributed by atoms with Crippen LogP contribution >= 0.6 is 0 Å². The molecule has 1 aromatic carbocycles. The SMILES string of the molecule is CC(C)CCn1c([C@@H]2CCCO2)nc2ccccc21. The molecule has 102 valence electrons. The van der Waals surface area contributed by atoms with Gasteiger partial charge in [0, 0.05) is 13.2 Å². The molecule has 3 heteroatoms. The van der Waals surface area contributed by atoms with Gasteiger partial charge in [-0.25, -0.2) is 4.98 Å². The van der Waals surface area contributed by atoms with Crippen molar-refractivity contribution in [3.63, 3.8) is 0 Å². The van der Waals surface area contributed by atoms with Gasteiger partial charge in [0.15, 0.2) is 0 Å². The Bertz CT molecular complexity index is 553. The van der Waals surface area contributed by atoms with Crippen molar-refractivity contribution in [1.29, 1.82) is 0 Å². The van der Waals surface area contributed by atoms with E-state index in [0.29, 0.717) is 5.92 Å². The molecule has 1 aliphatic heterocycles. The van der Waals surface area contributed by atoms with Crippen molar-refractivity contribution in [1.82, 2.24) is 9.55 Å². The van der Waals surface area contributed by atoms with Crippen molar-refractivity contribution in [3.8, 4) is 0 Å². The van der Waals surface area contributed by atoms with Gasteiger partial charge < -0.3 is 9.30 Å². The molecule has 0 spiro atoms. The number of ether oxygens (including phenoxy) is 1. The number of fused-ring (bicyclic) bond motifs is 1. The third kappa shape index (κ3) is 2.52. The third-order valence-electron chi connectivity index (χ3n) is 3.83. The fraction of sp³-hybridized carbons (Fsp3) is 0.562. The molecule has 19 heavy (non-hydrogen) atoms. The number of hydrogen-bond donors (Lipinski definition) is 0. The molecular weight excluding hydrogens is 236 g/mol. The summed E-state index contributed by atoms with van der Waals surface area (Å²) in [6.07, 6.45) is 3.63. The summed E-state index contributed by atoms with van der Waals surface area (Å²) in [4.78, 5) is 4.81. The van der Waals surface area contributed by atoms with E-state index in [1.807, 2.05) is 0 Å². The number of aromatic nitrogens is 2. The van der Waals surface area contributed by atoms with Crippen LogP contribution in [0.5, 0.6) is 0 Å². The van der Waals surface area contributed by atoms with E-state index in [1.54, 1.807) is 0 Å². The lowest BCUT2D eigenvalue weighted by Gasteiger charge is -2.14. The van der Waals surface area contributed by atoms with Crippen LogP contribution in [0.15, 0.2) is 24.3 Å².